The molecule has 2 aromatic rings. The minimum Gasteiger partial charge on any atom is -0.313 e. The van der Waals surface area contributed by atoms with Crippen LogP contribution in [0.1, 0.15) is 11.1 Å². The highest BCUT2D eigenvalue weighted by Crippen LogP contribution is 2.30. The van der Waals surface area contributed by atoms with E-state index in [1.54, 1.807) is 6.92 Å². The van der Waals surface area contributed by atoms with Crippen molar-refractivity contribution in [1.29, 1.82) is 0 Å². The van der Waals surface area contributed by atoms with Crippen LogP contribution >= 0.6 is 22.9 Å². The van der Waals surface area contributed by atoms with Gasteiger partial charge in [-0.25, -0.2) is 0 Å². The van der Waals surface area contributed by atoms with Gasteiger partial charge in [-0.05, 0) is 24.8 Å². The molecular weight excluding hydrogens is 206 g/mol. The molecule has 0 aliphatic heterocycles. The predicted octanol–water partition coefficient (Wildman–Crippen LogP) is 2.86. The molecule has 4 heteroatoms. The minimum atomic E-state index is -0.0978. The Morgan fingerprint density at radius 2 is 2.15 bits per heavy atom. The molecule has 0 amide bonds. The Balaban J connectivity index is 3.06. The average molecular weight is 214 g/mol. The zero-order valence-corrected chi connectivity index (χ0v) is 8.84. The van der Waals surface area contributed by atoms with Gasteiger partial charge >= 0.3 is 0 Å². The van der Waals surface area contributed by atoms with Crippen LogP contribution in [-0.4, -0.2) is 4.98 Å². The average Bonchev–Trinajstić information content (AvgIpc) is 2.43. The summed E-state index contributed by atoms with van der Waals surface area (Å²) in [6.07, 6.45) is 0. The zero-order valence-electron chi connectivity index (χ0n) is 7.27. The summed E-state index contributed by atoms with van der Waals surface area (Å²) in [7, 11) is 0. The number of rotatable bonds is 0. The van der Waals surface area contributed by atoms with Crippen LogP contribution < -0.4 is 5.56 Å². The Bertz CT molecular complexity index is 526. The number of pyridine rings is 1. The third-order valence-corrected chi connectivity index (χ3v) is 3.58. The highest BCUT2D eigenvalue weighted by atomic mass is 35.5. The van der Waals surface area contributed by atoms with Crippen molar-refractivity contribution in [2.45, 2.75) is 13.8 Å². The fourth-order valence-electron chi connectivity index (χ4n) is 1.29. The Hall–Kier alpha value is -0.800. The summed E-state index contributed by atoms with van der Waals surface area (Å²) in [4.78, 5) is 15.0. The number of fused-ring (bicyclic) bond motifs is 1. The molecule has 0 aliphatic carbocycles. The van der Waals surface area contributed by atoms with Gasteiger partial charge in [-0.15, -0.1) is 11.3 Å². The highest BCUT2D eigenvalue weighted by molar-refractivity contribution is 7.17. The van der Waals surface area contributed by atoms with Gasteiger partial charge in [0.25, 0.3) is 5.56 Å². The highest BCUT2D eigenvalue weighted by Gasteiger charge is 2.09. The number of hydrogen-bond acceptors (Lipinski definition) is 2. The molecule has 0 aliphatic rings. The van der Waals surface area contributed by atoms with Gasteiger partial charge in [0.05, 0.1) is 5.02 Å². The second-order valence-electron chi connectivity index (χ2n) is 3.02. The van der Waals surface area contributed by atoms with Crippen molar-refractivity contribution in [3.8, 4) is 0 Å². The number of hydrogen-bond donors (Lipinski definition) is 1. The van der Waals surface area contributed by atoms with Gasteiger partial charge in [-0.1, -0.05) is 11.6 Å². The van der Waals surface area contributed by atoms with Crippen molar-refractivity contribution < 1.29 is 0 Å². The fraction of sp³-hybridized carbons (Fsp3) is 0.222. The van der Waals surface area contributed by atoms with E-state index in [4.69, 9.17) is 11.6 Å². The molecule has 0 bridgehead atoms. The number of aromatic nitrogens is 1. The molecular formula is C9H8ClNOS. The molecule has 68 valence electrons. The van der Waals surface area contributed by atoms with E-state index < -0.39 is 0 Å². The summed E-state index contributed by atoms with van der Waals surface area (Å²) in [5.41, 5.74) is 1.61. The maximum Gasteiger partial charge on any atom is 0.253 e. The minimum absolute atomic E-state index is 0.0978. The van der Waals surface area contributed by atoms with Gasteiger partial charge in [0.1, 0.15) is 4.83 Å². The van der Waals surface area contributed by atoms with E-state index in [0.717, 1.165) is 15.8 Å². The van der Waals surface area contributed by atoms with Crippen molar-refractivity contribution in [2.75, 3.05) is 0 Å². The standard InChI is InChI=1S/C9H8ClNOS/c1-4-3-13-9-6(4)7(10)5(2)8(12)11-9/h3H,1-2H3,(H,11,12). The number of nitrogens with one attached hydrogen (secondary N) is 1. The lowest BCUT2D eigenvalue weighted by Crippen LogP contribution is -2.08. The van der Waals surface area contributed by atoms with E-state index in [1.165, 1.54) is 11.3 Å². The number of thiophene rings is 1. The second kappa shape index (κ2) is 2.86. The van der Waals surface area contributed by atoms with E-state index in [0.29, 0.717) is 10.6 Å². The van der Waals surface area contributed by atoms with Crippen LogP contribution in [0.2, 0.25) is 5.02 Å². The summed E-state index contributed by atoms with van der Waals surface area (Å²) in [5.74, 6) is 0. The van der Waals surface area contributed by atoms with E-state index in [1.807, 2.05) is 12.3 Å². The first-order valence-corrected chi connectivity index (χ1v) is 5.13. The van der Waals surface area contributed by atoms with E-state index in [-0.39, 0.29) is 5.56 Å². The number of H-pyrrole nitrogens is 1. The lowest BCUT2D eigenvalue weighted by molar-refractivity contribution is 1.25. The molecule has 1 N–H and O–H groups in total. The molecule has 0 unspecified atom stereocenters. The predicted molar refractivity (Wildman–Crippen MR) is 56.9 cm³/mol. The molecule has 0 atom stereocenters. The van der Waals surface area contributed by atoms with Crippen molar-refractivity contribution in [3.05, 3.63) is 31.9 Å². The molecule has 0 fully saturated rings. The van der Waals surface area contributed by atoms with Crippen LogP contribution in [0.3, 0.4) is 0 Å². The lowest BCUT2D eigenvalue weighted by atomic mass is 10.2. The molecule has 2 aromatic heterocycles. The van der Waals surface area contributed by atoms with Crippen LogP contribution in [0.5, 0.6) is 0 Å². The molecule has 0 radical (unpaired) electrons. The smallest absolute Gasteiger partial charge is 0.253 e. The SMILES string of the molecule is Cc1c(Cl)c2c(C)csc2[nH]c1=O. The summed E-state index contributed by atoms with van der Waals surface area (Å²) in [6.45, 7) is 3.72. The Morgan fingerprint density at radius 1 is 1.46 bits per heavy atom. The van der Waals surface area contributed by atoms with Gasteiger partial charge in [0, 0.05) is 10.9 Å². The van der Waals surface area contributed by atoms with Crippen molar-refractivity contribution in [3.63, 3.8) is 0 Å². The Kier molecular flexibility index (Phi) is 1.93. The van der Waals surface area contributed by atoms with E-state index in [9.17, 15) is 4.79 Å². The first-order chi connectivity index (χ1) is 6.11. The van der Waals surface area contributed by atoms with Crippen molar-refractivity contribution >= 4 is 33.2 Å². The third-order valence-electron chi connectivity index (χ3n) is 2.09. The topological polar surface area (TPSA) is 32.9 Å². The first kappa shape index (κ1) is 8.78. The fourth-order valence-corrected chi connectivity index (χ4v) is 2.62. The second-order valence-corrected chi connectivity index (χ2v) is 4.27. The summed E-state index contributed by atoms with van der Waals surface area (Å²) in [6, 6.07) is 0. The monoisotopic (exact) mass is 213 g/mol. The molecule has 2 heterocycles. The summed E-state index contributed by atoms with van der Waals surface area (Å²) >= 11 is 7.58. The molecule has 0 saturated heterocycles. The quantitative estimate of drug-likeness (QED) is 0.717. The Labute approximate surface area is 84.2 Å². The zero-order chi connectivity index (χ0) is 9.59. The first-order valence-electron chi connectivity index (χ1n) is 3.87. The molecule has 0 aromatic carbocycles. The van der Waals surface area contributed by atoms with Gasteiger partial charge in [0.15, 0.2) is 0 Å². The molecule has 2 rings (SSSR count). The lowest BCUT2D eigenvalue weighted by Gasteiger charge is -1.99. The molecule has 2 nitrogen and oxygen atoms in total. The largest absolute Gasteiger partial charge is 0.313 e. The van der Waals surface area contributed by atoms with Crippen LogP contribution in [0, 0.1) is 13.8 Å². The maximum absolute atomic E-state index is 11.3. The van der Waals surface area contributed by atoms with Crippen LogP contribution in [0.15, 0.2) is 10.2 Å². The van der Waals surface area contributed by atoms with E-state index in [2.05, 4.69) is 4.98 Å². The maximum atomic E-state index is 11.3. The number of aromatic amines is 1. The van der Waals surface area contributed by atoms with Crippen LogP contribution in [-0.2, 0) is 0 Å². The molecule has 0 spiro atoms. The van der Waals surface area contributed by atoms with Crippen molar-refractivity contribution in [1.82, 2.24) is 4.98 Å². The number of halogens is 1. The number of aryl methyl sites for hydroxylation is 1. The van der Waals surface area contributed by atoms with Gasteiger partial charge in [-0.2, -0.15) is 0 Å². The summed E-state index contributed by atoms with van der Waals surface area (Å²) in [5, 5.41) is 3.55. The third kappa shape index (κ3) is 1.19. The normalized spacial score (nSPS) is 11.0. The Morgan fingerprint density at radius 3 is 2.85 bits per heavy atom. The molecule has 13 heavy (non-hydrogen) atoms. The van der Waals surface area contributed by atoms with Crippen LogP contribution in [0.4, 0.5) is 0 Å². The van der Waals surface area contributed by atoms with Gasteiger partial charge < -0.3 is 4.98 Å². The van der Waals surface area contributed by atoms with Gasteiger partial charge in [-0.3, -0.25) is 4.79 Å². The van der Waals surface area contributed by atoms with Crippen LogP contribution in [0.25, 0.3) is 10.2 Å². The van der Waals surface area contributed by atoms with Crippen molar-refractivity contribution in [2.24, 2.45) is 0 Å². The van der Waals surface area contributed by atoms with Gasteiger partial charge in [0.2, 0.25) is 0 Å². The van der Waals surface area contributed by atoms with E-state index >= 15 is 0 Å². The summed E-state index contributed by atoms with van der Waals surface area (Å²) < 4.78 is 0. The molecule has 0 saturated carbocycles.